The lowest BCUT2D eigenvalue weighted by molar-refractivity contribution is -0.136. The maximum atomic E-state index is 13.5. The molecule has 4 rings (SSSR count). The predicted octanol–water partition coefficient (Wildman–Crippen LogP) is 6.62. The molecule has 1 N–H and O–H groups in total. The quantitative estimate of drug-likeness (QED) is 0.460. The summed E-state index contributed by atoms with van der Waals surface area (Å²) < 4.78 is 11.3. The summed E-state index contributed by atoms with van der Waals surface area (Å²) in [6.07, 6.45) is 1.18. The van der Waals surface area contributed by atoms with Gasteiger partial charge in [0, 0.05) is 34.3 Å². The first-order valence-electron chi connectivity index (χ1n) is 12.2. The molecule has 0 saturated heterocycles. The molecule has 36 heavy (non-hydrogen) atoms. The van der Waals surface area contributed by atoms with Crippen LogP contribution in [0.15, 0.2) is 52.9 Å². The molecule has 0 saturated carbocycles. The number of carbonyl (C=O) groups is 2. The normalized spacial score (nSPS) is 19.1. The minimum absolute atomic E-state index is 0.0715. The Hall–Kier alpha value is -3.05. The number of hydrogen-bond acceptors (Lipinski definition) is 5. The number of dihydropyridines is 1. The number of nitrogens with one attached hydrogen (secondary N) is 1. The van der Waals surface area contributed by atoms with Crippen LogP contribution in [0.3, 0.4) is 0 Å². The Morgan fingerprint density at radius 1 is 1.06 bits per heavy atom. The third kappa shape index (κ3) is 4.94. The van der Waals surface area contributed by atoms with E-state index in [1.165, 1.54) is 7.11 Å². The lowest BCUT2D eigenvalue weighted by atomic mass is 9.68. The van der Waals surface area contributed by atoms with Crippen molar-refractivity contribution in [3.63, 3.8) is 0 Å². The highest BCUT2D eigenvalue weighted by atomic mass is 35.5. The molecular formula is C30H34ClNO4. The first-order chi connectivity index (χ1) is 16.9. The van der Waals surface area contributed by atoms with Gasteiger partial charge in [-0.2, -0.15) is 0 Å². The molecule has 1 aliphatic carbocycles. The van der Waals surface area contributed by atoms with Crippen molar-refractivity contribution in [3.8, 4) is 5.75 Å². The van der Waals surface area contributed by atoms with Gasteiger partial charge in [-0.1, -0.05) is 37.6 Å². The molecule has 0 amide bonds. The van der Waals surface area contributed by atoms with Gasteiger partial charge >= 0.3 is 5.97 Å². The van der Waals surface area contributed by atoms with Crippen molar-refractivity contribution in [2.24, 2.45) is 5.41 Å². The van der Waals surface area contributed by atoms with Crippen molar-refractivity contribution in [2.45, 2.75) is 66.9 Å². The maximum absolute atomic E-state index is 13.5. The Kier molecular flexibility index (Phi) is 7.07. The van der Waals surface area contributed by atoms with Gasteiger partial charge in [-0.05, 0) is 85.5 Å². The van der Waals surface area contributed by atoms with E-state index in [-0.39, 0.29) is 11.2 Å². The third-order valence-corrected chi connectivity index (χ3v) is 7.44. The number of rotatable bonds is 5. The number of aryl methyl sites for hydroxylation is 3. The van der Waals surface area contributed by atoms with Crippen LogP contribution >= 0.6 is 11.6 Å². The van der Waals surface area contributed by atoms with E-state index in [0.29, 0.717) is 29.2 Å². The van der Waals surface area contributed by atoms with Crippen LogP contribution in [0.4, 0.5) is 0 Å². The molecular weight excluding hydrogens is 474 g/mol. The first kappa shape index (κ1) is 26.0. The van der Waals surface area contributed by atoms with E-state index >= 15 is 0 Å². The molecule has 1 heterocycles. The average Bonchev–Trinajstić information content (AvgIpc) is 2.77. The number of benzene rings is 2. The fourth-order valence-corrected chi connectivity index (χ4v) is 5.67. The number of Topliss-reactive ketones (excluding diaryl/α,β-unsaturated/α-hetero) is 1. The van der Waals surface area contributed by atoms with Crippen LogP contribution < -0.4 is 10.1 Å². The van der Waals surface area contributed by atoms with E-state index in [0.717, 1.165) is 51.4 Å². The topological polar surface area (TPSA) is 64.6 Å². The Morgan fingerprint density at radius 3 is 2.44 bits per heavy atom. The fraction of sp³-hybridized carbons (Fsp3) is 0.400. The van der Waals surface area contributed by atoms with Crippen LogP contribution in [-0.2, 0) is 20.9 Å². The van der Waals surface area contributed by atoms with Crippen molar-refractivity contribution in [1.82, 2.24) is 5.32 Å². The van der Waals surface area contributed by atoms with Crippen LogP contribution in [-0.4, -0.2) is 18.9 Å². The van der Waals surface area contributed by atoms with Crippen molar-refractivity contribution in [1.29, 1.82) is 0 Å². The molecule has 5 nitrogen and oxygen atoms in total. The van der Waals surface area contributed by atoms with Gasteiger partial charge in [-0.25, -0.2) is 4.79 Å². The second-order valence-electron chi connectivity index (χ2n) is 10.8. The Balaban J connectivity index is 1.81. The number of halogens is 1. The summed E-state index contributed by atoms with van der Waals surface area (Å²) >= 11 is 6.10. The molecule has 6 heteroatoms. The molecule has 0 fully saturated rings. The number of methoxy groups -OCH3 is 1. The first-order valence-corrected chi connectivity index (χ1v) is 12.6. The molecule has 0 bridgehead atoms. The van der Waals surface area contributed by atoms with Gasteiger partial charge in [0.2, 0.25) is 0 Å². The van der Waals surface area contributed by atoms with E-state index in [1.807, 2.05) is 45.9 Å². The van der Waals surface area contributed by atoms with Gasteiger partial charge < -0.3 is 14.8 Å². The fourth-order valence-electron chi connectivity index (χ4n) is 5.44. The van der Waals surface area contributed by atoms with E-state index < -0.39 is 11.9 Å². The zero-order valence-corrected chi connectivity index (χ0v) is 22.9. The second kappa shape index (κ2) is 9.78. The number of esters is 1. The summed E-state index contributed by atoms with van der Waals surface area (Å²) in [5, 5.41) is 4.04. The lowest BCUT2D eigenvalue weighted by Gasteiger charge is -2.39. The largest absolute Gasteiger partial charge is 0.489 e. The van der Waals surface area contributed by atoms with Crippen molar-refractivity contribution < 1.29 is 19.1 Å². The molecule has 2 aromatic rings. The van der Waals surface area contributed by atoms with Crippen LogP contribution in [0.5, 0.6) is 5.75 Å². The molecule has 1 aliphatic heterocycles. The highest BCUT2D eigenvalue weighted by Crippen LogP contribution is 2.47. The van der Waals surface area contributed by atoms with E-state index in [1.54, 1.807) is 0 Å². The molecule has 1 atom stereocenters. The van der Waals surface area contributed by atoms with E-state index in [2.05, 4.69) is 31.3 Å². The average molecular weight is 508 g/mol. The van der Waals surface area contributed by atoms with Gasteiger partial charge in [-0.3, -0.25) is 4.79 Å². The SMILES string of the molecule is COC(=O)C1=C(C)NC2=C(C(=O)CC(C)(C)C2)C1c1cc(COc2ccc(Cl)cc2C)c(C)cc1C. The summed E-state index contributed by atoms with van der Waals surface area (Å²) in [5.74, 6) is -0.0802. The molecule has 190 valence electrons. The van der Waals surface area contributed by atoms with Gasteiger partial charge in [0.05, 0.1) is 12.7 Å². The van der Waals surface area contributed by atoms with Crippen LogP contribution in [0.25, 0.3) is 0 Å². The summed E-state index contributed by atoms with van der Waals surface area (Å²) in [6.45, 7) is 12.5. The molecule has 0 spiro atoms. The van der Waals surface area contributed by atoms with E-state index in [4.69, 9.17) is 21.1 Å². The van der Waals surface area contributed by atoms with Crippen molar-refractivity contribution in [3.05, 3.63) is 85.7 Å². The zero-order chi connectivity index (χ0) is 26.4. The molecule has 0 aromatic heterocycles. The summed E-state index contributed by atoms with van der Waals surface area (Å²) in [5.41, 5.74) is 7.63. The van der Waals surface area contributed by atoms with Crippen LogP contribution in [0.2, 0.25) is 5.02 Å². The Labute approximate surface area is 218 Å². The van der Waals surface area contributed by atoms with Gasteiger partial charge in [-0.15, -0.1) is 0 Å². The molecule has 0 radical (unpaired) electrons. The number of ether oxygens (including phenoxy) is 2. The van der Waals surface area contributed by atoms with E-state index in [9.17, 15) is 9.59 Å². The smallest absolute Gasteiger partial charge is 0.336 e. The summed E-state index contributed by atoms with van der Waals surface area (Å²) in [6, 6.07) is 9.74. The minimum Gasteiger partial charge on any atom is -0.489 e. The third-order valence-electron chi connectivity index (χ3n) is 7.20. The second-order valence-corrected chi connectivity index (χ2v) is 11.2. The zero-order valence-electron chi connectivity index (χ0n) is 22.1. The Morgan fingerprint density at radius 2 is 1.78 bits per heavy atom. The van der Waals surface area contributed by atoms with Crippen LogP contribution in [0.1, 0.15) is 67.3 Å². The predicted molar refractivity (Wildman–Crippen MR) is 142 cm³/mol. The van der Waals surface area contributed by atoms with Crippen molar-refractivity contribution >= 4 is 23.4 Å². The number of carbonyl (C=O) groups excluding carboxylic acids is 2. The van der Waals surface area contributed by atoms with Crippen LogP contribution in [0, 0.1) is 26.2 Å². The molecule has 2 aliphatic rings. The summed E-state index contributed by atoms with van der Waals surface area (Å²) in [7, 11) is 1.38. The van der Waals surface area contributed by atoms with Gasteiger partial charge in [0.15, 0.2) is 5.78 Å². The molecule has 1 unspecified atom stereocenters. The summed E-state index contributed by atoms with van der Waals surface area (Å²) in [4.78, 5) is 26.5. The number of hydrogen-bond donors (Lipinski definition) is 1. The monoisotopic (exact) mass is 507 g/mol. The standard InChI is InChI=1S/C30H34ClNO4/c1-16-10-17(2)22(12-20(16)15-36-25-9-8-21(31)11-18(25)3)27-26(29(34)35-7)19(4)32-23-13-30(5,6)14-24(33)28(23)27/h8-12,27,32H,13-15H2,1-7H3. The maximum Gasteiger partial charge on any atom is 0.336 e. The minimum atomic E-state index is -0.492. The van der Waals surface area contributed by atoms with Gasteiger partial charge in [0.25, 0.3) is 0 Å². The number of allylic oxidation sites excluding steroid dienone is 3. The molecule has 2 aromatic carbocycles. The van der Waals surface area contributed by atoms with Gasteiger partial charge in [0.1, 0.15) is 12.4 Å². The van der Waals surface area contributed by atoms with Crippen molar-refractivity contribution in [2.75, 3.05) is 7.11 Å². The highest BCUT2D eigenvalue weighted by Gasteiger charge is 2.43. The Bertz CT molecular complexity index is 1320. The highest BCUT2D eigenvalue weighted by molar-refractivity contribution is 6.30. The number of ketones is 1. The lowest BCUT2D eigenvalue weighted by Crippen LogP contribution is -2.38.